The summed E-state index contributed by atoms with van der Waals surface area (Å²) in [5, 5.41) is 8.94. The Labute approximate surface area is 121 Å². The van der Waals surface area contributed by atoms with Gasteiger partial charge in [-0.25, -0.2) is 9.59 Å². The van der Waals surface area contributed by atoms with Gasteiger partial charge in [-0.15, -0.1) is 0 Å². The minimum atomic E-state index is -1.38. The van der Waals surface area contributed by atoms with Gasteiger partial charge in [0.1, 0.15) is 5.56 Å². The van der Waals surface area contributed by atoms with Gasteiger partial charge in [0, 0.05) is 10.7 Å². The summed E-state index contributed by atoms with van der Waals surface area (Å²) in [5.41, 5.74) is 0.213. The van der Waals surface area contributed by atoms with Crippen LogP contribution in [0.2, 0.25) is 0 Å². The number of rotatable bonds is 2. The van der Waals surface area contributed by atoms with Crippen molar-refractivity contribution in [3.63, 3.8) is 0 Å². The Kier molecular flexibility index (Phi) is 3.63. The molecule has 2 aromatic rings. The van der Waals surface area contributed by atoms with Crippen LogP contribution in [0.3, 0.4) is 0 Å². The summed E-state index contributed by atoms with van der Waals surface area (Å²) < 4.78 is 2.02. The second kappa shape index (κ2) is 5.09. The third kappa shape index (κ3) is 2.44. The molecule has 20 heavy (non-hydrogen) atoms. The molecule has 104 valence electrons. The minimum absolute atomic E-state index is 0.483. The topological polar surface area (TPSA) is 92.2 Å². The Morgan fingerprint density at radius 3 is 2.30 bits per heavy atom. The van der Waals surface area contributed by atoms with E-state index in [1.807, 2.05) is 18.8 Å². The zero-order chi connectivity index (χ0) is 15.0. The number of benzene rings is 1. The number of aryl methyl sites for hydroxylation is 2. The van der Waals surface area contributed by atoms with Crippen LogP contribution in [0, 0.1) is 13.8 Å². The summed E-state index contributed by atoms with van der Waals surface area (Å²) in [6.45, 7) is 3.71. The maximum atomic E-state index is 11.8. The zero-order valence-electron chi connectivity index (χ0n) is 10.7. The van der Waals surface area contributed by atoms with Gasteiger partial charge in [-0.1, -0.05) is 15.9 Å². The summed E-state index contributed by atoms with van der Waals surface area (Å²) in [6, 6.07) is 3.45. The lowest BCUT2D eigenvalue weighted by Crippen LogP contribution is -2.32. The lowest BCUT2D eigenvalue weighted by Gasteiger charge is -2.10. The average molecular weight is 339 g/mol. The van der Waals surface area contributed by atoms with E-state index in [1.54, 1.807) is 12.1 Å². The van der Waals surface area contributed by atoms with Gasteiger partial charge >= 0.3 is 11.7 Å². The summed E-state index contributed by atoms with van der Waals surface area (Å²) in [5.74, 6) is -1.38. The highest BCUT2D eigenvalue weighted by Gasteiger charge is 2.13. The fourth-order valence-electron chi connectivity index (χ4n) is 1.88. The number of hydrogen-bond donors (Lipinski definition) is 2. The van der Waals surface area contributed by atoms with E-state index in [-0.39, 0.29) is 0 Å². The molecular formula is C13H11BrN2O4. The Morgan fingerprint density at radius 2 is 1.80 bits per heavy atom. The Morgan fingerprint density at radius 1 is 1.25 bits per heavy atom. The molecule has 1 heterocycles. The highest BCUT2D eigenvalue weighted by atomic mass is 79.9. The first-order valence-electron chi connectivity index (χ1n) is 5.67. The highest BCUT2D eigenvalue weighted by molar-refractivity contribution is 9.10. The average Bonchev–Trinajstić information content (AvgIpc) is 2.35. The van der Waals surface area contributed by atoms with Crippen molar-refractivity contribution in [3.05, 3.63) is 60.3 Å². The number of aromatic amines is 1. The van der Waals surface area contributed by atoms with Gasteiger partial charge in [0.15, 0.2) is 0 Å². The van der Waals surface area contributed by atoms with Crippen molar-refractivity contribution in [1.29, 1.82) is 0 Å². The maximum Gasteiger partial charge on any atom is 0.342 e. The number of carboxylic acid groups (broad SMARTS) is 1. The molecule has 0 atom stereocenters. The first kappa shape index (κ1) is 14.3. The molecule has 1 aromatic carbocycles. The molecular weight excluding hydrogens is 328 g/mol. The largest absolute Gasteiger partial charge is 0.477 e. The molecule has 0 aliphatic heterocycles. The molecule has 0 saturated carbocycles. The molecule has 0 aliphatic carbocycles. The third-order valence-corrected chi connectivity index (χ3v) is 4.12. The minimum Gasteiger partial charge on any atom is -0.477 e. The molecule has 0 saturated heterocycles. The van der Waals surface area contributed by atoms with Crippen molar-refractivity contribution in [2.24, 2.45) is 0 Å². The van der Waals surface area contributed by atoms with Crippen molar-refractivity contribution in [3.8, 4) is 5.69 Å². The Bertz CT molecular complexity index is 797. The van der Waals surface area contributed by atoms with Crippen molar-refractivity contribution in [2.75, 3.05) is 0 Å². The van der Waals surface area contributed by atoms with E-state index >= 15 is 0 Å². The summed E-state index contributed by atoms with van der Waals surface area (Å²) in [7, 11) is 0. The molecule has 0 fully saturated rings. The normalized spacial score (nSPS) is 10.6. The Hall–Kier alpha value is -2.15. The molecule has 6 nitrogen and oxygen atoms in total. The van der Waals surface area contributed by atoms with Crippen molar-refractivity contribution in [1.82, 2.24) is 9.55 Å². The smallest absolute Gasteiger partial charge is 0.342 e. The number of H-pyrrole nitrogens is 1. The molecule has 2 rings (SSSR count). The second-order valence-electron chi connectivity index (χ2n) is 4.37. The van der Waals surface area contributed by atoms with Gasteiger partial charge in [0.05, 0.1) is 5.69 Å². The lowest BCUT2D eigenvalue weighted by atomic mass is 10.1. The van der Waals surface area contributed by atoms with Crippen molar-refractivity contribution in [2.45, 2.75) is 13.8 Å². The zero-order valence-corrected chi connectivity index (χ0v) is 12.3. The number of hydrogen-bond acceptors (Lipinski definition) is 3. The van der Waals surface area contributed by atoms with Crippen LogP contribution in [0.25, 0.3) is 5.69 Å². The fraction of sp³-hybridized carbons (Fsp3) is 0.154. The fourth-order valence-corrected chi connectivity index (χ4v) is 2.11. The summed E-state index contributed by atoms with van der Waals surface area (Å²) in [4.78, 5) is 36.2. The first-order valence-corrected chi connectivity index (χ1v) is 6.47. The number of aromatic carboxylic acids is 1. The van der Waals surface area contributed by atoms with E-state index in [1.165, 1.54) is 0 Å². The summed E-state index contributed by atoms with van der Waals surface area (Å²) >= 11 is 3.41. The molecule has 2 N–H and O–H groups in total. The van der Waals surface area contributed by atoms with Gasteiger partial charge in [-0.3, -0.25) is 14.3 Å². The molecule has 0 amide bonds. The van der Waals surface area contributed by atoms with Crippen LogP contribution in [0.1, 0.15) is 21.5 Å². The first-order chi connectivity index (χ1) is 9.31. The molecule has 0 unspecified atom stereocenters. The van der Waals surface area contributed by atoms with Crippen molar-refractivity contribution < 1.29 is 9.90 Å². The molecule has 0 aliphatic rings. The SMILES string of the molecule is Cc1cc(-n2cc(C(=O)O)c(=O)[nH]c2=O)cc(C)c1Br. The van der Waals surface area contributed by atoms with Gasteiger partial charge in [0.2, 0.25) is 0 Å². The van der Waals surface area contributed by atoms with E-state index in [2.05, 4.69) is 15.9 Å². The van der Waals surface area contributed by atoms with Gasteiger partial charge in [0.25, 0.3) is 5.56 Å². The third-order valence-electron chi connectivity index (χ3n) is 2.87. The van der Waals surface area contributed by atoms with Crippen LogP contribution in [0.4, 0.5) is 0 Å². The number of aromatic nitrogens is 2. The van der Waals surface area contributed by atoms with E-state index in [0.29, 0.717) is 5.69 Å². The van der Waals surface area contributed by atoms with Crippen LogP contribution in [-0.2, 0) is 0 Å². The molecule has 0 spiro atoms. The highest BCUT2D eigenvalue weighted by Crippen LogP contribution is 2.23. The predicted octanol–water partition coefficient (Wildman–Crippen LogP) is 1.60. The predicted molar refractivity (Wildman–Crippen MR) is 76.8 cm³/mol. The van der Waals surface area contributed by atoms with E-state index in [0.717, 1.165) is 26.4 Å². The van der Waals surface area contributed by atoms with Gasteiger partial charge in [-0.2, -0.15) is 0 Å². The molecule has 7 heteroatoms. The monoisotopic (exact) mass is 338 g/mol. The lowest BCUT2D eigenvalue weighted by molar-refractivity contribution is 0.0694. The second-order valence-corrected chi connectivity index (χ2v) is 5.16. The van der Waals surface area contributed by atoms with Crippen LogP contribution >= 0.6 is 15.9 Å². The van der Waals surface area contributed by atoms with Gasteiger partial charge < -0.3 is 5.11 Å². The van der Waals surface area contributed by atoms with Crippen LogP contribution in [-0.4, -0.2) is 20.6 Å². The molecule has 1 aromatic heterocycles. The van der Waals surface area contributed by atoms with E-state index in [9.17, 15) is 14.4 Å². The standard InChI is InChI=1S/C13H11BrN2O4/c1-6-3-8(4-7(2)10(6)14)16-5-9(12(18)19)11(17)15-13(16)20/h3-5H,1-2H3,(H,18,19)(H,15,17,20). The van der Waals surface area contributed by atoms with Crippen LogP contribution in [0.15, 0.2) is 32.4 Å². The maximum absolute atomic E-state index is 11.8. The number of carboxylic acids is 1. The quantitative estimate of drug-likeness (QED) is 0.869. The number of nitrogens with zero attached hydrogens (tertiary/aromatic N) is 1. The van der Waals surface area contributed by atoms with Crippen LogP contribution in [0.5, 0.6) is 0 Å². The van der Waals surface area contributed by atoms with Crippen LogP contribution < -0.4 is 11.2 Å². The number of nitrogens with one attached hydrogen (secondary N) is 1. The Balaban J connectivity index is 2.76. The molecule has 0 bridgehead atoms. The van der Waals surface area contributed by atoms with E-state index in [4.69, 9.17) is 5.11 Å². The van der Waals surface area contributed by atoms with Crippen molar-refractivity contribution >= 4 is 21.9 Å². The number of halogens is 1. The van der Waals surface area contributed by atoms with E-state index < -0.39 is 22.8 Å². The summed E-state index contributed by atoms with van der Waals surface area (Å²) in [6.07, 6.45) is 1.03. The molecule has 0 radical (unpaired) electrons. The van der Waals surface area contributed by atoms with Gasteiger partial charge in [-0.05, 0) is 37.1 Å². The number of carbonyl (C=O) groups is 1.